The lowest BCUT2D eigenvalue weighted by atomic mass is 9.96. The van der Waals surface area contributed by atoms with Crippen molar-refractivity contribution in [2.45, 2.75) is 11.3 Å². The zero-order chi connectivity index (χ0) is 27.7. The molecule has 0 amide bonds. The Morgan fingerprint density at radius 1 is 0.725 bits per heavy atom. The van der Waals surface area contributed by atoms with Crippen LogP contribution in [0.2, 0.25) is 0 Å². The van der Waals surface area contributed by atoms with E-state index < -0.39 is 10.1 Å². The standard InChI is InChI=1S/C33H23BrO4S2/c34-29-20-25(17-18-30(29)38-40(36,37)27-10-6-9-26(35)21-27)23-13-15-24(16-14-23)33-28-11-4-5-12-31(28)39-32(33)19-22-7-2-1-3-8-22/h1-18,20-21,35H,19H2. The van der Waals surface area contributed by atoms with E-state index in [1.807, 2.05) is 29.5 Å². The Morgan fingerprint density at radius 3 is 2.17 bits per heavy atom. The van der Waals surface area contributed by atoms with E-state index in [0.717, 1.165) is 29.2 Å². The fraction of sp³-hybridized carbons (Fsp3) is 0.0303. The molecule has 7 heteroatoms. The van der Waals surface area contributed by atoms with Crippen LogP contribution in [0.5, 0.6) is 11.5 Å². The molecule has 0 unspecified atom stereocenters. The summed E-state index contributed by atoms with van der Waals surface area (Å²) >= 11 is 5.30. The van der Waals surface area contributed by atoms with Gasteiger partial charge in [0, 0.05) is 33.0 Å². The zero-order valence-corrected chi connectivity index (χ0v) is 24.3. The Bertz CT molecular complexity index is 1930. The minimum atomic E-state index is -4.10. The maximum atomic E-state index is 12.7. The minimum Gasteiger partial charge on any atom is -0.508 e. The van der Waals surface area contributed by atoms with E-state index in [4.69, 9.17) is 4.18 Å². The normalized spacial score (nSPS) is 11.5. The number of halogens is 1. The predicted octanol–water partition coefficient (Wildman–Crippen LogP) is 9.06. The van der Waals surface area contributed by atoms with Gasteiger partial charge in [0.1, 0.15) is 10.6 Å². The van der Waals surface area contributed by atoms with Crippen molar-refractivity contribution in [2.75, 3.05) is 0 Å². The van der Waals surface area contributed by atoms with Crippen molar-refractivity contribution in [1.82, 2.24) is 0 Å². The summed E-state index contributed by atoms with van der Waals surface area (Å²) in [6.07, 6.45) is 0.872. The molecule has 198 valence electrons. The average Bonchev–Trinajstić information content (AvgIpc) is 3.32. The van der Waals surface area contributed by atoms with Crippen molar-refractivity contribution in [3.05, 3.63) is 136 Å². The van der Waals surface area contributed by atoms with Crippen LogP contribution < -0.4 is 4.18 Å². The Hall–Kier alpha value is -3.91. The molecule has 1 heterocycles. The van der Waals surface area contributed by atoms with Crippen LogP contribution in [-0.2, 0) is 16.5 Å². The molecule has 0 aliphatic carbocycles. The number of phenolic OH excluding ortho intramolecular Hbond substituents is 1. The molecule has 6 rings (SSSR count). The third-order valence-corrected chi connectivity index (χ3v) is 9.64. The van der Waals surface area contributed by atoms with E-state index in [-0.39, 0.29) is 16.4 Å². The number of phenols is 1. The van der Waals surface area contributed by atoms with Gasteiger partial charge in [0.25, 0.3) is 0 Å². The molecule has 0 aliphatic rings. The first-order valence-electron chi connectivity index (χ1n) is 12.6. The van der Waals surface area contributed by atoms with E-state index in [0.29, 0.717) is 4.47 Å². The second kappa shape index (κ2) is 10.9. The lowest BCUT2D eigenvalue weighted by Crippen LogP contribution is -2.09. The molecular weight excluding hydrogens is 604 g/mol. The lowest BCUT2D eigenvalue weighted by molar-refractivity contribution is 0.467. The van der Waals surface area contributed by atoms with Gasteiger partial charge in [-0.25, -0.2) is 0 Å². The number of hydrogen-bond acceptors (Lipinski definition) is 5. The fourth-order valence-corrected chi connectivity index (χ4v) is 7.52. The maximum Gasteiger partial charge on any atom is 0.339 e. The highest BCUT2D eigenvalue weighted by molar-refractivity contribution is 9.10. The average molecular weight is 628 g/mol. The molecule has 1 aromatic heterocycles. The molecular formula is C33H23BrO4S2. The summed E-state index contributed by atoms with van der Waals surface area (Å²) in [6.45, 7) is 0. The first-order valence-corrected chi connectivity index (χ1v) is 15.6. The largest absolute Gasteiger partial charge is 0.508 e. The molecule has 0 radical (unpaired) electrons. The summed E-state index contributed by atoms with van der Waals surface area (Å²) in [5, 5.41) is 10.9. The van der Waals surface area contributed by atoms with E-state index in [9.17, 15) is 13.5 Å². The molecule has 5 aromatic carbocycles. The minimum absolute atomic E-state index is 0.119. The van der Waals surface area contributed by atoms with Crippen molar-refractivity contribution in [3.8, 4) is 33.8 Å². The molecule has 0 spiro atoms. The summed E-state index contributed by atoms with van der Waals surface area (Å²) < 4.78 is 32.5. The second-order valence-corrected chi connectivity index (χ2v) is 12.9. The van der Waals surface area contributed by atoms with E-state index in [1.54, 1.807) is 6.07 Å². The molecule has 0 saturated carbocycles. The van der Waals surface area contributed by atoms with Crippen molar-refractivity contribution < 1.29 is 17.7 Å². The van der Waals surface area contributed by atoms with Gasteiger partial charge in [-0.1, -0.05) is 84.9 Å². The van der Waals surface area contributed by atoms with Crippen LogP contribution in [0, 0.1) is 0 Å². The first-order chi connectivity index (χ1) is 19.4. The van der Waals surface area contributed by atoms with Gasteiger partial charge in [-0.3, -0.25) is 0 Å². The van der Waals surface area contributed by atoms with Crippen LogP contribution in [-0.4, -0.2) is 13.5 Å². The van der Waals surface area contributed by atoms with Crippen molar-refractivity contribution in [1.29, 1.82) is 0 Å². The van der Waals surface area contributed by atoms with Gasteiger partial charge < -0.3 is 9.29 Å². The van der Waals surface area contributed by atoms with Crippen LogP contribution in [0.4, 0.5) is 0 Å². The van der Waals surface area contributed by atoms with Crippen LogP contribution in [0.1, 0.15) is 10.4 Å². The summed E-state index contributed by atoms with van der Waals surface area (Å²) in [5.74, 6) is 0.0178. The van der Waals surface area contributed by atoms with Gasteiger partial charge in [-0.2, -0.15) is 8.42 Å². The fourth-order valence-electron chi connectivity index (χ4n) is 4.70. The highest BCUT2D eigenvalue weighted by Gasteiger charge is 2.19. The number of hydrogen-bond donors (Lipinski definition) is 1. The van der Waals surface area contributed by atoms with E-state index in [1.165, 1.54) is 44.3 Å². The van der Waals surface area contributed by atoms with Gasteiger partial charge in [-0.05, 0) is 68.5 Å². The molecule has 0 saturated heterocycles. The molecule has 40 heavy (non-hydrogen) atoms. The van der Waals surface area contributed by atoms with Gasteiger partial charge >= 0.3 is 10.1 Å². The summed E-state index contributed by atoms with van der Waals surface area (Å²) in [4.78, 5) is 1.21. The SMILES string of the molecule is O=S(=O)(Oc1ccc(-c2ccc(-c3c(Cc4ccccc4)sc4ccccc34)cc2)cc1Br)c1cccc(O)c1. The Kier molecular flexibility index (Phi) is 7.19. The summed E-state index contributed by atoms with van der Waals surface area (Å²) in [5.41, 5.74) is 5.61. The van der Waals surface area contributed by atoms with Crippen LogP contribution in [0.15, 0.2) is 131 Å². The molecule has 0 fully saturated rings. The Labute approximate surface area is 245 Å². The van der Waals surface area contributed by atoms with Gasteiger partial charge in [0.05, 0.1) is 4.47 Å². The molecule has 6 aromatic rings. The Morgan fingerprint density at radius 2 is 1.43 bits per heavy atom. The first kappa shape index (κ1) is 26.3. The maximum absolute atomic E-state index is 12.7. The highest BCUT2D eigenvalue weighted by atomic mass is 79.9. The molecule has 4 nitrogen and oxygen atoms in total. The zero-order valence-electron chi connectivity index (χ0n) is 21.1. The third kappa shape index (κ3) is 5.41. The molecule has 0 bridgehead atoms. The molecule has 0 aliphatic heterocycles. The number of fused-ring (bicyclic) bond motifs is 1. The lowest BCUT2D eigenvalue weighted by Gasteiger charge is -2.11. The summed E-state index contributed by atoms with van der Waals surface area (Å²) in [7, 11) is -4.10. The van der Waals surface area contributed by atoms with Crippen LogP contribution in [0.25, 0.3) is 32.3 Å². The van der Waals surface area contributed by atoms with E-state index >= 15 is 0 Å². The van der Waals surface area contributed by atoms with Gasteiger partial charge in [0.2, 0.25) is 0 Å². The van der Waals surface area contributed by atoms with Gasteiger partial charge in [0.15, 0.2) is 5.75 Å². The van der Waals surface area contributed by atoms with Crippen LogP contribution in [0.3, 0.4) is 0 Å². The number of thiophene rings is 1. The van der Waals surface area contributed by atoms with Crippen LogP contribution >= 0.6 is 27.3 Å². The summed E-state index contributed by atoms with van der Waals surface area (Å²) in [6, 6.07) is 38.2. The van der Waals surface area contributed by atoms with Crippen molar-refractivity contribution >= 4 is 47.5 Å². The molecule has 1 N–H and O–H groups in total. The Balaban J connectivity index is 1.29. The van der Waals surface area contributed by atoms with Gasteiger partial charge in [-0.15, -0.1) is 11.3 Å². The topological polar surface area (TPSA) is 63.6 Å². The number of benzene rings is 5. The van der Waals surface area contributed by atoms with E-state index in [2.05, 4.69) is 88.7 Å². The second-order valence-electron chi connectivity index (χ2n) is 9.32. The number of rotatable bonds is 7. The van der Waals surface area contributed by atoms with Crippen molar-refractivity contribution in [2.24, 2.45) is 0 Å². The number of aromatic hydroxyl groups is 1. The smallest absolute Gasteiger partial charge is 0.339 e. The monoisotopic (exact) mass is 626 g/mol. The molecule has 0 atom stereocenters. The quantitative estimate of drug-likeness (QED) is 0.180. The highest BCUT2D eigenvalue weighted by Crippen LogP contribution is 2.41. The predicted molar refractivity (Wildman–Crippen MR) is 166 cm³/mol. The third-order valence-electron chi connectivity index (χ3n) is 6.62. The van der Waals surface area contributed by atoms with Crippen molar-refractivity contribution in [3.63, 3.8) is 0 Å².